The Kier molecular flexibility index (Phi) is 2.09. The molecular formula is C9H14F3NO. The highest BCUT2D eigenvalue weighted by Crippen LogP contribution is 2.47. The average Bonchev–Trinajstić information content (AvgIpc) is 1.99. The summed E-state index contributed by atoms with van der Waals surface area (Å²) in [5.41, 5.74) is -2.89. The maximum Gasteiger partial charge on any atom is 0.417 e. The van der Waals surface area contributed by atoms with Crippen molar-refractivity contribution in [2.75, 3.05) is 6.54 Å². The molecule has 1 aliphatic heterocycles. The molecule has 1 spiro atoms. The molecule has 2 rings (SSSR count). The predicted molar refractivity (Wildman–Crippen MR) is 44.8 cm³/mol. The maximum absolute atomic E-state index is 12.6. The third kappa shape index (κ3) is 1.42. The minimum absolute atomic E-state index is 0.177. The minimum Gasteiger partial charge on any atom is -0.380 e. The summed E-state index contributed by atoms with van der Waals surface area (Å²) < 4.78 is 37.7. The van der Waals surface area contributed by atoms with Gasteiger partial charge in [-0.05, 0) is 32.2 Å². The van der Waals surface area contributed by atoms with Gasteiger partial charge in [0, 0.05) is 12.0 Å². The van der Waals surface area contributed by atoms with Gasteiger partial charge in [-0.25, -0.2) is 0 Å². The average molecular weight is 209 g/mol. The summed E-state index contributed by atoms with van der Waals surface area (Å²) in [6.07, 6.45) is -2.42. The molecule has 2 N–H and O–H groups in total. The molecule has 1 aliphatic carbocycles. The molecule has 2 aliphatic rings. The number of hydrogen-bond acceptors (Lipinski definition) is 2. The lowest BCUT2D eigenvalue weighted by molar-refractivity contribution is -0.278. The molecule has 1 unspecified atom stereocenters. The van der Waals surface area contributed by atoms with Gasteiger partial charge in [-0.3, -0.25) is 0 Å². The van der Waals surface area contributed by atoms with Crippen molar-refractivity contribution in [1.82, 2.24) is 5.32 Å². The first-order valence-corrected chi connectivity index (χ1v) is 4.91. The molecule has 1 atom stereocenters. The molecule has 0 radical (unpaired) electrons. The molecule has 2 nitrogen and oxygen atoms in total. The van der Waals surface area contributed by atoms with Crippen molar-refractivity contribution in [1.29, 1.82) is 0 Å². The van der Waals surface area contributed by atoms with Crippen LogP contribution in [0, 0.1) is 0 Å². The number of aliphatic hydroxyl groups is 1. The van der Waals surface area contributed by atoms with Gasteiger partial charge in [-0.1, -0.05) is 0 Å². The van der Waals surface area contributed by atoms with E-state index in [1.807, 2.05) is 0 Å². The molecule has 82 valence electrons. The smallest absolute Gasteiger partial charge is 0.380 e. The van der Waals surface area contributed by atoms with Crippen LogP contribution in [0.5, 0.6) is 0 Å². The van der Waals surface area contributed by atoms with Gasteiger partial charge in [-0.2, -0.15) is 13.2 Å². The summed E-state index contributed by atoms with van der Waals surface area (Å²) in [5, 5.41) is 12.6. The Morgan fingerprint density at radius 1 is 1.14 bits per heavy atom. The van der Waals surface area contributed by atoms with Crippen LogP contribution in [-0.4, -0.2) is 29.0 Å². The van der Waals surface area contributed by atoms with Gasteiger partial charge >= 0.3 is 6.18 Å². The highest BCUT2D eigenvalue weighted by molar-refractivity contribution is 5.07. The van der Waals surface area contributed by atoms with Crippen LogP contribution in [0.3, 0.4) is 0 Å². The van der Waals surface area contributed by atoms with Crippen LogP contribution < -0.4 is 5.32 Å². The van der Waals surface area contributed by atoms with Gasteiger partial charge in [0.05, 0.1) is 0 Å². The Bertz CT molecular complexity index is 237. The number of piperidine rings is 1. The summed E-state index contributed by atoms with van der Waals surface area (Å²) in [7, 11) is 0. The van der Waals surface area contributed by atoms with Crippen LogP contribution >= 0.6 is 0 Å². The molecule has 0 aromatic carbocycles. The van der Waals surface area contributed by atoms with E-state index in [1.54, 1.807) is 0 Å². The molecule has 0 aromatic heterocycles. The molecule has 14 heavy (non-hydrogen) atoms. The zero-order valence-corrected chi connectivity index (χ0v) is 7.82. The van der Waals surface area contributed by atoms with Crippen molar-refractivity contribution < 1.29 is 18.3 Å². The lowest BCUT2D eigenvalue weighted by Gasteiger charge is -2.51. The summed E-state index contributed by atoms with van der Waals surface area (Å²) >= 11 is 0. The van der Waals surface area contributed by atoms with Crippen molar-refractivity contribution in [3.05, 3.63) is 0 Å². The van der Waals surface area contributed by atoms with Crippen LogP contribution in [0.1, 0.15) is 32.1 Å². The SMILES string of the molecule is OC1(C(F)(F)F)CCNC2(CCC2)C1. The molecule has 2 fully saturated rings. The second-order valence-electron chi connectivity index (χ2n) is 4.52. The second kappa shape index (κ2) is 2.85. The van der Waals surface area contributed by atoms with Crippen molar-refractivity contribution >= 4 is 0 Å². The van der Waals surface area contributed by atoms with Gasteiger partial charge in [0.2, 0.25) is 0 Å². The first-order valence-electron chi connectivity index (χ1n) is 4.91. The molecular weight excluding hydrogens is 195 g/mol. The number of alkyl halides is 3. The third-order valence-corrected chi connectivity index (χ3v) is 3.51. The predicted octanol–water partition coefficient (Wildman–Crippen LogP) is 1.59. The highest BCUT2D eigenvalue weighted by Gasteiger charge is 2.59. The molecule has 1 saturated carbocycles. The fraction of sp³-hybridized carbons (Fsp3) is 1.00. The lowest BCUT2D eigenvalue weighted by atomic mass is 9.67. The normalized spacial score (nSPS) is 36.9. The fourth-order valence-corrected chi connectivity index (χ4v) is 2.44. The van der Waals surface area contributed by atoms with E-state index >= 15 is 0 Å². The maximum atomic E-state index is 12.6. The van der Waals surface area contributed by atoms with E-state index < -0.39 is 17.3 Å². The summed E-state index contributed by atoms with van der Waals surface area (Å²) in [6.45, 7) is 0.260. The van der Waals surface area contributed by atoms with Crippen LogP contribution in [0.4, 0.5) is 13.2 Å². The van der Waals surface area contributed by atoms with Crippen molar-refractivity contribution in [2.45, 2.75) is 49.4 Å². The minimum atomic E-state index is -4.49. The van der Waals surface area contributed by atoms with Gasteiger partial charge in [0.1, 0.15) is 0 Å². The molecule has 0 amide bonds. The van der Waals surface area contributed by atoms with Crippen molar-refractivity contribution in [3.63, 3.8) is 0 Å². The van der Waals surface area contributed by atoms with Crippen LogP contribution in [-0.2, 0) is 0 Å². The Hall–Kier alpha value is -0.290. The Morgan fingerprint density at radius 3 is 2.21 bits per heavy atom. The van der Waals surface area contributed by atoms with Crippen molar-refractivity contribution in [2.24, 2.45) is 0 Å². The first kappa shape index (κ1) is 10.2. The van der Waals surface area contributed by atoms with Crippen LogP contribution in [0.2, 0.25) is 0 Å². The fourth-order valence-electron chi connectivity index (χ4n) is 2.44. The number of nitrogens with one attached hydrogen (secondary N) is 1. The van der Waals surface area contributed by atoms with Crippen molar-refractivity contribution in [3.8, 4) is 0 Å². The Morgan fingerprint density at radius 2 is 1.79 bits per heavy atom. The molecule has 5 heteroatoms. The molecule has 0 aromatic rings. The molecule has 1 saturated heterocycles. The number of rotatable bonds is 0. The monoisotopic (exact) mass is 209 g/mol. The van der Waals surface area contributed by atoms with Gasteiger partial charge in [-0.15, -0.1) is 0 Å². The van der Waals surface area contributed by atoms with Gasteiger partial charge in [0.15, 0.2) is 5.60 Å². The summed E-state index contributed by atoms with van der Waals surface area (Å²) in [6, 6.07) is 0. The van der Waals surface area contributed by atoms with Crippen LogP contribution in [0.25, 0.3) is 0 Å². The van der Waals surface area contributed by atoms with Crippen LogP contribution in [0.15, 0.2) is 0 Å². The first-order chi connectivity index (χ1) is 6.37. The summed E-state index contributed by atoms with van der Waals surface area (Å²) in [5.74, 6) is 0. The van der Waals surface area contributed by atoms with E-state index in [0.717, 1.165) is 19.3 Å². The van der Waals surface area contributed by atoms with E-state index in [1.165, 1.54) is 0 Å². The van der Waals surface area contributed by atoms with E-state index in [2.05, 4.69) is 5.32 Å². The lowest BCUT2D eigenvalue weighted by Crippen LogP contribution is -2.64. The van der Waals surface area contributed by atoms with Gasteiger partial charge < -0.3 is 10.4 Å². The molecule has 0 bridgehead atoms. The molecule has 1 heterocycles. The zero-order chi connectivity index (χ0) is 10.4. The third-order valence-electron chi connectivity index (χ3n) is 3.51. The standard InChI is InChI=1S/C9H14F3NO/c10-9(11,12)8(14)4-5-13-7(6-8)2-1-3-7/h13-14H,1-6H2. The highest BCUT2D eigenvalue weighted by atomic mass is 19.4. The number of hydrogen-bond donors (Lipinski definition) is 2. The van der Waals surface area contributed by atoms with E-state index in [9.17, 15) is 18.3 Å². The largest absolute Gasteiger partial charge is 0.417 e. The topological polar surface area (TPSA) is 32.3 Å². The Labute approximate surface area is 80.5 Å². The zero-order valence-electron chi connectivity index (χ0n) is 7.82. The second-order valence-corrected chi connectivity index (χ2v) is 4.52. The van der Waals surface area contributed by atoms with E-state index in [-0.39, 0.29) is 19.4 Å². The Balaban J connectivity index is 2.13. The van der Waals surface area contributed by atoms with E-state index in [0.29, 0.717) is 0 Å². The van der Waals surface area contributed by atoms with Gasteiger partial charge in [0.25, 0.3) is 0 Å². The van der Waals surface area contributed by atoms with E-state index in [4.69, 9.17) is 0 Å². The number of halogens is 3. The quantitative estimate of drug-likeness (QED) is 0.635. The summed E-state index contributed by atoms with van der Waals surface area (Å²) in [4.78, 5) is 0.